The van der Waals surface area contributed by atoms with Crippen molar-refractivity contribution in [3.63, 3.8) is 0 Å². The van der Waals surface area contributed by atoms with Crippen molar-refractivity contribution in [2.24, 2.45) is 7.05 Å². The van der Waals surface area contributed by atoms with Crippen LogP contribution in [0.15, 0.2) is 36.5 Å². The molecule has 0 spiro atoms. The van der Waals surface area contributed by atoms with Gasteiger partial charge in [0.05, 0.1) is 22.1 Å². The fourth-order valence-corrected chi connectivity index (χ4v) is 4.40. The lowest BCUT2D eigenvalue weighted by molar-refractivity contribution is -0.126. The zero-order valence-electron chi connectivity index (χ0n) is 16.0. The van der Waals surface area contributed by atoms with Crippen LogP contribution < -0.4 is 10.2 Å². The van der Waals surface area contributed by atoms with Gasteiger partial charge in [0.25, 0.3) is 0 Å². The van der Waals surface area contributed by atoms with Crippen molar-refractivity contribution in [3.05, 3.63) is 36.5 Å². The molecule has 1 aliphatic rings. The van der Waals surface area contributed by atoms with Gasteiger partial charge in [0.2, 0.25) is 11.9 Å². The minimum atomic E-state index is 0.00624. The maximum Gasteiger partial charge on any atom is 0.245 e. The summed E-state index contributed by atoms with van der Waals surface area (Å²) in [5.74, 6) is 1.48. The Hall–Kier alpha value is -2.94. The number of thiophene rings is 1. The third kappa shape index (κ3) is 3.57. The summed E-state index contributed by atoms with van der Waals surface area (Å²) in [4.78, 5) is 25.4. The average Bonchev–Trinajstić information content (AvgIpc) is 3.35. The highest BCUT2D eigenvalue weighted by Gasteiger charge is 2.26. The molecule has 4 heterocycles. The molecule has 1 N–H and O–H groups in total. The summed E-state index contributed by atoms with van der Waals surface area (Å²) in [5, 5.41) is 9.46. The van der Waals surface area contributed by atoms with Gasteiger partial charge < -0.3 is 15.1 Å². The van der Waals surface area contributed by atoms with Crippen molar-refractivity contribution < 1.29 is 4.79 Å². The summed E-state index contributed by atoms with van der Waals surface area (Å²) in [6.45, 7) is 5.05. The van der Waals surface area contributed by atoms with Crippen molar-refractivity contribution in [1.29, 1.82) is 0 Å². The highest BCUT2D eigenvalue weighted by Crippen LogP contribution is 2.32. The second-order valence-corrected chi connectivity index (χ2v) is 7.82. The molecule has 1 aliphatic heterocycles. The largest absolute Gasteiger partial charge is 0.355 e. The first-order chi connectivity index (χ1) is 13.5. The van der Waals surface area contributed by atoms with Gasteiger partial charge >= 0.3 is 0 Å². The molecule has 1 amide bonds. The first-order valence-corrected chi connectivity index (χ1v) is 10.1. The average molecular weight is 398 g/mol. The monoisotopic (exact) mass is 397 g/mol. The van der Waals surface area contributed by atoms with E-state index in [0.717, 1.165) is 47.7 Å². The Kier molecular flexibility index (Phi) is 4.99. The standard InChI is InChI=1S/C19H23N7OS/c1-4-16(27)26-8-5-14(6-9-26)25(3)18-17-15(7-10-28-17)22-19(23-18)21-13-11-20-24(2)12-13/h4,7,10-12,14H,1,5-6,8-9H2,2-3H3,(H,21,22,23). The SMILES string of the molecule is C=CC(=O)N1CCC(N(C)c2nc(Nc3cnn(C)c3)nc3ccsc23)CC1. The molecule has 1 saturated heterocycles. The summed E-state index contributed by atoms with van der Waals surface area (Å²) < 4.78 is 2.81. The van der Waals surface area contributed by atoms with E-state index in [9.17, 15) is 4.79 Å². The van der Waals surface area contributed by atoms with Gasteiger partial charge in [-0.15, -0.1) is 11.3 Å². The molecular weight excluding hydrogens is 374 g/mol. The number of rotatable bonds is 5. The summed E-state index contributed by atoms with van der Waals surface area (Å²) >= 11 is 1.65. The van der Waals surface area contributed by atoms with Crippen LogP contribution in [-0.4, -0.2) is 56.7 Å². The third-order valence-corrected chi connectivity index (χ3v) is 5.98. The van der Waals surface area contributed by atoms with Crippen LogP contribution in [-0.2, 0) is 11.8 Å². The van der Waals surface area contributed by atoms with E-state index >= 15 is 0 Å². The lowest BCUT2D eigenvalue weighted by Crippen LogP contribution is -2.45. The smallest absolute Gasteiger partial charge is 0.245 e. The Balaban J connectivity index is 1.58. The van der Waals surface area contributed by atoms with Crippen LogP contribution in [0, 0.1) is 0 Å². The number of aryl methyl sites for hydroxylation is 1. The molecular formula is C19H23N7OS. The third-order valence-electron chi connectivity index (χ3n) is 5.08. The minimum absolute atomic E-state index is 0.00624. The number of likely N-dealkylation sites (tertiary alicyclic amines) is 1. The minimum Gasteiger partial charge on any atom is -0.355 e. The Morgan fingerprint density at radius 3 is 2.86 bits per heavy atom. The number of nitrogens with one attached hydrogen (secondary N) is 1. The van der Waals surface area contributed by atoms with E-state index in [1.54, 1.807) is 22.2 Å². The van der Waals surface area contributed by atoms with Crippen LogP contribution in [0.5, 0.6) is 0 Å². The van der Waals surface area contributed by atoms with Crippen molar-refractivity contribution in [2.75, 3.05) is 30.4 Å². The molecule has 3 aromatic heterocycles. The van der Waals surface area contributed by atoms with Gasteiger partial charge in [-0.1, -0.05) is 6.58 Å². The number of aromatic nitrogens is 4. The highest BCUT2D eigenvalue weighted by molar-refractivity contribution is 7.17. The molecule has 0 unspecified atom stereocenters. The van der Waals surface area contributed by atoms with Gasteiger partial charge in [-0.25, -0.2) is 4.98 Å². The van der Waals surface area contributed by atoms with Crippen LogP contribution in [0.25, 0.3) is 10.2 Å². The van der Waals surface area contributed by atoms with E-state index in [0.29, 0.717) is 12.0 Å². The summed E-state index contributed by atoms with van der Waals surface area (Å²) in [5.41, 5.74) is 1.77. The second kappa shape index (κ2) is 7.59. The van der Waals surface area contributed by atoms with E-state index in [-0.39, 0.29) is 5.91 Å². The van der Waals surface area contributed by atoms with Crippen molar-refractivity contribution in [3.8, 4) is 0 Å². The molecule has 0 bridgehead atoms. The van der Waals surface area contributed by atoms with E-state index in [1.165, 1.54) is 6.08 Å². The predicted molar refractivity (Wildman–Crippen MR) is 112 cm³/mol. The Morgan fingerprint density at radius 2 is 2.18 bits per heavy atom. The molecule has 9 heteroatoms. The molecule has 3 aromatic rings. The maximum absolute atomic E-state index is 11.8. The Bertz CT molecular complexity index is 1000. The first kappa shape index (κ1) is 18.4. The van der Waals surface area contributed by atoms with Gasteiger partial charge in [-0.05, 0) is 30.4 Å². The molecule has 8 nitrogen and oxygen atoms in total. The van der Waals surface area contributed by atoms with Gasteiger partial charge in [-0.3, -0.25) is 9.48 Å². The number of hydrogen-bond donors (Lipinski definition) is 1. The fraction of sp³-hybridized carbons (Fsp3) is 0.368. The van der Waals surface area contributed by atoms with Crippen molar-refractivity contribution in [1.82, 2.24) is 24.6 Å². The quantitative estimate of drug-likeness (QED) is 0.667. The number of anilines is 3. The molecule has 0 aromatic carbocycles. The molecule has 4 rings (SSSR count). The van der Waals surface area contributed by atoms with Crippen LogP contribution in [0.1, 0.15) is 12.8 Å². The molecule has 146 valence electrons. The molecule has 1 fully saturated rings. The number of fused-ring (bicyclic) bond motifs is 1. The zero-order chi connectivity index (χ0) is 19.7. The number of piperidine rings is 1. The number of amides is 1. The lowest BCUT2D eigenvalue weighted by Gasteiger charge is -2.37. The van der Waals surface area contributed by atoms with E-state index in [4.69, 9.17) is 4.98 Å². The normalized spacial score (nSPS) is 15.0. The lowest BCUT2D eigenvalue weighted by atomic mass is 10.0. The first-order valence-electron chi connectivity index (χ1n) is 9.20. The van der Waals surface area contributed by atoms with Gasteiger partial charge in [-0.2, -0.15) is 10.1 Å². The highest BCUT2D eigenvalue weighted by atomic mass is 32.1. The van der Waals surface area contributed by atoms with E-state index < -0.39 is 0 Å². The van der Waals surface area contributed by atoms with Crippen molar-refractivity contribution >= 4 is 44.9 Å². The zero-order valence-corrected chi connectivity index (χ0v) is 16.8. The van der Waals surface area contributed by atoms with Crippen LogP contribution >= 0.6 is 11.3 Å². The molecule has 0 aliphatic carbocycles. The topological polar surface area (TPSA) is 79.2 Å². The molecule has 28 heavy (non-hydrogen) atoms. The van der Waals surface area contributed by atoms with Crippen LogP contribution in [0.2, 0.25) is 0 Å². The predicted octanol–water partition coefficient (Wildman–Crippen LogP) is 2.78. The number of carbonyl (C=O) groups is 1. The van der Waals surface area contributed by atoms with E-state index in [1.807, 2.05) is 29.6 Å². The van der Waals surface area contributed by atoms with Gasteiger partial charge in [0.1, 0.15) is 0 Å². The second-order valence-electron chi connectivity index (χ2n) is 6.90. The fourth-order valence-electron chi connectivity index (χ4n) is 3.53. The van der Waals surface area contributed by atoms with Crippen LogP contribution in [0.4, 0.5) is 17.5 Å². The maximum atomic E-state index is 11.8. The summed E-state index contributed by atoms with van der Waals surface area (Å²) in [7, 11) is 3.95. The molecule has 0 saturated carbocycles. The molecule has 0 radical (unpaired) electrons. The summed E-state index contributed by atoms with van der Waals surface area (Å²) in [6.07, 6.45) is 6.82. The molecule has 0 atom stereocenters. The number of carbonyl (C=O) groups excluding carboxylic acids is 1. The number of nitrogens with zero attached hydrogens (tertiary/aromatic N) is 6. The van der Waals surface area contributed by atoms with Crippen LogP contribution in [0.3, 0.4) is 0 Å². The van der Waals surface area contributed by atoms with Crippen molar-refractivity contribution in [2.45, 2.75) is 18.9 Å². The Morgan fingerprint density at radius 1 is 1.39 bits per heavy atom. The Labute approximate surface area is 167 Å². The summed E-state index contributed by atoms with van der Waals surface area (Å²) in [6, 6.07) is 2.33. The van der Waals surface area contributed by atoms with Gasteiger partial charge in [0.15, 0.2) is 5.82 Å². The van der Waals surface area contributed by atoms with E-state index in [2.05, 4.69) is 33.9 Å². The van der Waals surface area contributed by atoms with Gasteiger partial charge in [0, 0.05) is 39.4 Å². The number of hydrogen-bond acceptors (Lipinski definition) is 7.